The Morgan fingerprint density at radius 3 is 2.50 bits per heavy atom. The standard InChI is InChI=1S/C13H25NO2/c1-10-3-6-13(7-4-10,9-11(2)14)8-5-12(15)16/h10-11H,3-9,14H2,1-2H3,(H,15,16). The third-order valence-corrected chi connectivity index (χ3v) is 3.96. The first kappa shape index (κ1) is 13.5. The molecule has 1 aliphatic rings. The van der Waals surface area contributed by atoms with E-state index >= 15 is 0 Å². The van der Waals surface area contributed by atoms with Crippen LogP contribution in [-0.2, 0) is 4.79 Å². The summed E-state index contributed by atoms with van der Waals surface area (Å²) in [6.45, 7) is 4.31. The molecule has 3 N–H and O–H groups in total. The maximum absolute atomic E-state index is 10.7. The zero-order valence-corrected chi connectivity index (χ0v) is 10.5. The van der Waals surface area contributed by atoms with Crippen molar-refractivity contribution in [2.45, 2.75) is 64.8 Å². The molecule has 1 rings (SSSR count). The van der Waals surface area contributed by atoms with Crippen LogP contribution < -0.4 is 5.73 Å². The molecule has 94 valence electrons. The molecular formula is C13H25NO2. The Balaban J connectivity index is 2.57. The minimum Gasteiger partial charge on any atom is -0.481 e. The van der Waals surface area contributed by atoms with Gasteiger partial charge < -0.3 is 10.8 Å². The minimum absolute atomic E-state index is 0.183. The Bertz CT molecular complexity index is 230. The number of carboxylic acids is 1. The van der Waals surface area contributed by atoms with E-state index < -0.39 is 5.97 Å². The molecular weight excluding hydrogens is 202 g/mol. The second kappa shape index (κ2) is 5.67. The molecule has 0 saturated heterocycles. The number of carbonyl (C=O) groups is 1. The maximum Gasteiger partial charge on any atom is 0.303 e. The summed E-state index contributed by atoms with van der Waals surface area (Å²) in [6, 6.07) is 0.183. The van der Waals surface area contributed by atoms with Gasteiger partial charge in [0.25, 0.3) is 0 Å². The number of nitrogens with two attached hydrogens (primary N) is 1. The molecule has 3 heteroatoms. The summed E-state index contributed by atoms with van der Waals surface area (Å²) < 4.78 is 0. The van der Waals surface area contributed by atoms with Crippen molar-refractivity contribution < 1.29 is 9.90 Å². The molecule has 1 unspecified atom stereocenters. The summed E-state index contributed by atoms with van der Waals surface area (Å²) in [7, 11) is 0. The van der Waals surface area contributed by atoms with Gasteiger partial charge in [-0.25, -0.2) is 0 Å². The van der Waals surface area contributed by atoms with Gasteiger partial charge in [-0.3, -0.25) is 4.79 Å². The van der Waals surface area contributed by atoms with E-state index in [1.807, 2.05) is 6.92 Å². The molecule has 0 bridgehead atoms. The van der Waals surface area contributed by atoms with Crippen molar-refractivity contribution in [2.24, 2.45) is 17.1 Å². The van der Waals surface area contributed by atoms with Gasteiger partial charge in [0, 0.05) is 12.5 Å². The fourth-order valence-electron chi connectivity index (χ4n) is 2.99. The third kappa shape index (κ3) is 4.12. The first-order valence-electron chi connectivity index (χ1n) is 6.41. The molecule has 0 aromatic carbocycles. The van der Waals surface area contributed by atoms with Crippen molar-refractivity contribution in [3.8, 4) is 0 Å². The van der Waals surface area contributed by atoms with Gasteiger partial charge in [0.1, 0.15) is 0 Å². The molecule has 1 saturated carbocycles. The van der Waals surface area contributed by atoms with E-state index in [-0.39, 0.29) is 11.5 Å². The smallest absolute Gasteiger partial charge is 0.303 e. The monoisotopic (exact) mass is 227 g/mol. The van der Waals surface area contributed by atoms with Crippen molar-refractivity contribution in [3.63, 3.8) is 0 Å². The van der Waals surface area contributed by atoms with Crippen LogP contribution in [0.5, 0.6) is 0 Å². The Kier molecular flexibility index (Phi) is 4.78. The van der Waals surface area contributed by atoms with Crippen LogP contribution in [0, 0.1) is 11.3 Å². The largest absolute Gasteiger partial charge is 0.481 e. The van der Waals surface area contributed by atoms with E-state index in [9.17, 15) is 4.79 Å². The number of hydrogen-bond acceptors (Lipinski definition) is 2. The first-order chi connectivity index (χ1) is 7.43. The average Bonchev–Trinajstić information content (AvgIpc) is 2.19. The summed E-state index contributed by atoms with van der Waals surface area (Å²) in [5.41, 5.74) is 6.11. The van der Waals surface area contributed by atoms with Gasteiger partial charge in [0.15, 0.2) is 0 Å². The van der Waals surface area contributed by atoms with Gasteiger partial charge in [0.2, 0.25) is 0 Å². The van der Waals surface area contributed by atoms with Gasteiger partial charge in [-0.15, -0.1) is 0 Å². The molecule has 1 fully saturated rings. The molecule has 1 aliphatic carbocycles. The quantitative estimate of drug-likeness (QED) is 0.759. The number of hydrogen-bond donors (Lipinski definition) is 2. The average molecular weight is 227 g/mol. The van der Waals surface area contributed by atoms with E-state index in [1.54, 1.807) is 0 Å². The van der Waals surface area contributed by atoms with Crippen LogP contribution in [0.4, 0.5) is 0 Å². The summed E-state index contributed by atoms with van der Waals surface area (Å²) in [6.07, 6.45) is 6.84. The van der Waals surface area contributed by atoms with Gasteiger partial charge in [0.05, 0.1) is 0 Å². The highest BCUT2D eigenvalue weighted by Gasteiger charge is 2.34. The molecule has 0 heterocycles. The van der Waals surface area contributed by atoms with Crippen molar-refractivity contribution in [3.05, 3.63) is 0 Å². The van der Waals surface area contributed by atoms with Gasteiger partial charge >= 0.3 is 5.97 Å². The number of aliphatic carboxylic acids is 1. The van der Waals surface area contributed by atoms with Crippen molar-refractivity contribution in [2.75, 3.05) is 0 Å². The fraction of sp³-hybridized carbons (Fsp3) is 0.923. The highest BCUT2D eigenvalue weighted by molar-refractivity contribution is 5.66. The Morgan fingerprint density at radius 2 is 2.06 bits per heavy atom. The Morgan fingerprint density at radius 1 is 1.50 bits per heavy atom. The summed E-state index contributed by atoms with van der Waals surface area (Å²) in [5.74, 6) is 0.119. The van der Waals surface area contributed by atoms with Crippen LogP contribution in [-0.4, -0.2) is 17.1 Å². The second-order valence-electron chi connectivity index (χ2n) is 5.76. The predicted octanol–water partition coefficient (Wildman–Crippen LogP) is 2.79. The normalized spacial score (nSPS) is 32.3. The third-order valence-electron chi connectivity index (χ3n) is 3.96. The molecule has 1 atom stereocenters. The number of rotatable bonds is 5. The zero-order chi connectivity index (χ0) is 12.2. The fourth-order valence-corrected chi connectivity index (χ4v) is 2.99. The maximum atomic E-state index is 10.7. The SMILES string of the molecule is CC(N)CC1(CCC(=O)O)CCC(C)CC1. The summed E-state index contributed by atoms with van der Waals surface area (Å²) >= 11 is 0. The highest BCUT2D eigenvalue weighted by Crippen LogP contribution is 2.45. The van der Waals surface area contributed by atoms with E-state index in [0.717, 1.165) is 31.6 Å². The zero-order valence-electron chi connectivity index (χ0n) is 10.5. The molecule has 0 aliphatic heterocycles. The van der Waals surface area contributed by atoms with Crippen LogP contribution in [0.15, 0.2) is 0 Å². The van der Waals surface area contributed by atoms with E-state index in [1.165, 1.54) is 12.8 Å². The van der Waals surface area contributed by atoms with E-state index in [2.05, 4.69) is 6.92 Å². The summed E-state index contributed by atoms with van der Waals surface area (Å²) in [4.78, 5) is 10.7. The molecule has 16 heavy (non-hydrogen) atoms. The van der Waals surface area contributed by atoms with Crippen LogP contribution >= 0.6 is 0 Å². The second-order valence-corrected chi connectivity index (χ2v) is 5.76. The lowest BCUT2D eigenvalue weighted by atomic mass is 9.65. The highest BCUT2D eigenvalue weighted by atomic mass is 16.4. The topological polar surface area (TPSA) is 63.3 Å². The molecule has 3 nitrogen and oxygen atoms in total. The van der Waals surface area contributed by atoms with E-state index in [0.29, 0.717) is 6.42 Å². The van der Waals surface area contributed by atoms with Crippen LogP contribution in [0.2, 0.25) is 0 Å². The lowest BCUT2D eigenvalue weighted by Crippen LogP contribution is -2.33. The molecule has 0 radical (unpaired) electrons. The van der Waals surface area contributed by atoms with Gasteiger partial charge in [-0.2, -0.15) is 0 Å². The van der Waals surface area contributed by atoms with Crippen molar-refractivity contribution >= 4 is 5.97 Å². The lowest BCUT2D eigenvalue weighted by molar-refractivity contribution is -0.138. The molecule has 0 amide bonds. The van der Waals surface area contributed by atoms with Crippen molar-refractivity contribution in [1.82, 2.24) is 0 Å². The minimum atomic E-state index is -0.678. The van der Waals surface area contributed by atoms with Gasteiger partial charge in [-0.05, 0) is 43.9 Å². The summed E-state index contributed by atoms with van der Waals surface area (Å²) in [5, 5.41) is 8.81. The first-order valence-corrected chi connectivity index (χ1v) is 6.41. The molecule has 0 spiro atoms. The molecule has 0 aromatic heterocycles. The predicted molar refractivity (Wildman–Crippen MR) is 65.2 cm³/mol. The molecule has 0 aromatic rings. The van der Waals surface area contributed by atoms with Crippen LogP contribution in [0.25, 0.3) is 0 Å². The Labute approximate surface area is 98.4 Å². The van der Waals surface area contributed by atoms with Crippen LogP contribution in [0.1, 0.15) is 58.8 Å². The van der Waals surface area contributed by atoms with Gasteiger partial charge in [-0.1, -0.05) is 19.8 Å². The van der Waals surface area contributed by atoms with Crippen LogP contribution in [0.3, 0.4) is 0 Å². The lowest BCUT2D eigenvalue weighted by Gasteiger charge is -2.40. The van der Waals surface area contributed by atoms with Crippen molar-refractivity contribution in [1.29, 1.82) is 0 Å². The van der Waals surface area contributed by atoms with E-state index in [4.69, 9.17) is 10.8 Å². The Hall–Kier alpha value is -0.570. The number of carboxylic acid groups (broad SMARTS) is 1.